The van der Waals surface area contributed by atoms with E-state index in [1.165, 1.54) is 64.3 Å². The largest absolute Gasteiger partial charge is 0.310 e. The molecule has 1 unspecified atom stereocenters. The van der Waals surface area contributed by atoms with Crippen molar-refractivity contribution in [2.24, 2.45) is 0 Å². The summed E-state index contributed by atoms with van der Waals surface area (Å²) in [6.45, 7) is 3.48. The standard InChI is InChI=1S/C16H27NS/c1-2-3-4-5-6-7-12-17-15-9-8-10-16-14(15)11-13-18-16/h11,13,15,17H,2-10,12H2,1H3. The number of hydrogen-bond donors (Lipinski definition) is 1. The van der Waals surface area contributed by atoms with E-state index in [-0.39, 0.29) is 0 Å². The Morgan fingerprint density at radius 2 is 2.06 bits per heavy atom. The van der Waals surface area contributed by atoms with Crippen molar-refractivity contribution in [2.75, 3.05) is 6.54 Å². The van der Waals surface area contributed by atoms with Gasteiger partial charge in [-0.25, -0.2) is 0 Å². The van der Waals surface area contributed by atoms with Crippen molar-refractivity contribution >= 4 is 11.3 Å². The zero-order valence-corrected chi connectivity index (χ0v) is 12.5. The molecule has 2 rings (SSSR count). The lowest BCUT2D eigenvalue weighted by Crippen LogP contribution is -2.25. The predicted octanol–water partition coefficient (Wildman–Crippen LogP) is 5.08. The highest BCUT2D eigenvalue weighted by Crippen LogP contribution is 2.33. The zero-order valence-electron chi connectivity index (χ0n) is 11.7. The van der Waals surface area contributed by atoms with Gasteiger partial charge in [0.1, 0.15) is 0 Å². The maximum atomic E-state index is 3.76. The topological polar surface area (TPSA) is 12.0 Å². The lowest BCUT2D eigenvalue weighted by molar-refractivity contribution is 0.451. The molecular weight excluding hydrogens is 238 g/mol. The molecule has 1 atom stereocenters. The second-order valence-electron chi connectivity index (χ2n) is 5.47. The van der Waals surface area contributed by atoms with Gasteiger partial charge < -0.3 is 5.32 Å². The number of aryl methyl sites for hydroxylation is 1. The molecule has 2 heteroatoms. The van der Waals surface area contributed by atoms with Gasteiger partial charge in [0.15, 0.2) is 0 Å². The van der Waals surface area contributed by atoms with Crippen molar-refractivity contribution in [3.63, 3.8) is 0 Å². The summed E-state index contributed by atoms with van der Waals surface area (Å²) in [5, 5.41) is 6.02. The molecule has 0 bridgehead atoms. The van der Waals surface area contributed by atoms with Crippen LogP contribution in [0.2, 0.25) is 0 Å². The fourth-order valence-electron chi connectivity index (χ4n) is 2.88. The zero-order chi connectivity index (χ0) is 12.6. The van der Waals surface area contributed by atoms with Gasteiger partial charge in [-0.3, -0.25) is 0 Å². The Morgan fingerprint density at radius 1 is 1.22 bits per heavy atom. The van der Waals surface area contributed by atoms with E-state index in [0.29, 0.717) is 6.04 Å². The maximum absolute atomic E-state index is 3.76. The summed E-state index contributed by atoms with van der Waals surface area (Å²) >= 11 is 1.94. The van der Waals surface area contributed by atoms with Gasteiger partial charge in [-0.05, 0) is 49.2 Å². The second kappa shape index (κ2) is 7.96. The molecule has 0 aromatic carbocycles. The molecule has 1 aromatic heterocycles. The molecule has 18 heavy (non-hydrogen) atoms. The van der Waals surface area contributed by atoms with Gasteiger partial charge in [0.05, 0.1) is 0 Å². The number of thiophene rings is 1. The third kappa shape index (κ3) is 4.10. The van der Waals surface area contributed by atoms with Crippen LogP contribution in [0.4, 0.5) is 0 Å². The Morgan fingerprint density at radius 3 is 2.94 bits per heavy atom. The van der Waals surface area contributed by atoms with Crippen molar-refractivity contribution in [1.82, 2.24) is 5.32 Å². The molecule has 1 aliphatic rings. The molecule has 1 N–H and O–H groups in total. The molecule has 1 nitrogen and oxygen atoms in total. The Labute approximate surface area is 116 Å². The van der Waals surface area contributed by atoms with E-state index in [0.717, 1.165) is 0 Å². The van der Waals surface area contributed by atoms with Crippen molar-refractivity contribution < 1.29 is 0 Å². The molecule has 0 fully saturated rings. The van der Waals surface area contributed by atoms with Gasteiger partial charge in [-0.1, -0.05) is 39.0 Å². The number of unbranched alkanes of at least 4 members (excludes halogenated alkanes) is 5. The summed E-state index contributed by atoms with van der Waals surface area (Å²) in [6, 6.07) is 2.98. The quantitative estimate of drug-likeness (QED) is 0.647. The number of fused-ring (bicyclic) bond motifs is 1. The summed E-state index contributed by atoms with van der Waals surface area (Å²) < 4.78 is 0. The Kier molecular flexibility index (Phi) is 6.22. The third-order valence-electron chi connectivity index (χ3n) is 3.97. The Balaban J connectivity index is 1.60. The summed E-state index contributed by atoms with van der Waals surface area (Å²) in [4.78, 5) is 1.63. The Hall–Kier alpha value is -0.340. The van der Waals surface area contributed by atoms with Gasteiger partial charge in [0.25, 0.3) is 0 Å². The SMILES string of the molecule is CCCCCCCCNC1CCCc2sccc21. The van der Waals surface area contributed by atoms with E-state index < -0.39 is 0 Å². The average Bonchev–Trinajstić information content (AvgIpc) is 2.86. The minimum atomic E-state index is 0.649. The van der Waals surface area contributed by atoms with Crippen LogP contribution in [-0.2, 0) is 6.42 Å². The van der Waals surface area contributed by atoms with Crippen LogP contribution in [0.3, 0.4) is 0 Å². The molecular formula is C16H27NS. The summed E-state index contributed by atoms with van der Waals surface area (Å²) in [5.41, 5.74) is 1.59. The van der Waals surface area contributed by atoms with Crippen molar-refractivity contribution in [2.45, 2.75) is 70.8 Å². The fraction of sp³-hybridized carbons (Fsp3) is 0.750. The van der Waals surface area contributed by atoms with Gasteiger partial charge in [-0.15, -0.1) is 11.3 Å². The minimum Gasteiger partial charge on any atom is -0.310 e. The first kappa shape index (κ1) is 14.1. The summed E-state index contributed by atoms with van der Waals surface area (Å²) in [5.74, 6) is 0. The third-order valence-corrected chi connectivity index (χ3v) is 4.97. The predicted molar refractivity (Wildman–Crippen MR) is 81.4 cm³/mol. The van der Waals surface area contributed by atoms with Crippen molar-refractivity contribution in [3.05, 3.63) is 21.9 Å². The van der Waals surface area contributed by atoms with E-state index >= 15 is 0 Å². The van der Waals surface area contributed by atoms with E-state index in [1.807, 2.05) is 11.3 Å². The summed E-state index contributed by atoms with van der Waals surface area (Å²) in [7, 11) is 0. The first-order valence-electron chi connectivity index (χ1n) is 7.71. The van der Waals surface area contributed by atoms with Crippen LogP contribution in [0.1, 0.15) is 74.8 Å². The van der Waals surface area contributed by atoms with E-state index in [2.05, 4.69) is 23.7 Å². The molecule has 0 amide bonds. The van der Waals surface area contributed by atoms with Crippen LogP contribution >= 0.6 is 11.3 Å². The van der Waals surface area contributed by atoms with Crippen molar-refractivity contribution in [3.8, 4) is 0 Å². The van der Waals surface area contributed by atoms with E-state index in [4.69, 9.17) is 0 Å². The van der Waals surface area contributed by atoms with E-state index in [9.17, 15) is 0 Å². The minimum absolute atomic E-state index is 0.649. The number of hydrogen-bond acceptors (Lipinski definition) is 2. The normalized spacial score (nSPS) is 18.8. The monoisotopic (exact) mass is 265 g/mol. The Bertz CT molecular complexity index is 332. The second-order valence-corrected chi connectivity index (χ2v) is 6.47. The van der Waals surface area contributed by atoms with Crippen LogP contribution in [0.25, 0.3) is 0 Å². The van der Waals surface area contributed by atoms with Crippen molar-refractivity contribution in [1.29, 1.82) is 0 Å². The molecule has 1 aromatic rings. The molecule has 102 valence electrons. The highest BCUT2D eigenvalue weighted by molar-refractivity contribution is 7.10. The molecule has 1 heterocycles. The van der Waals surface area contributed by atoms with Gasteiger partial charge >= 0.3 is 0 Å². The van der Waals surface area contributed by atoms with Gasteiger partial charge in [0, 0.05) is 10.9 Å². The molecule has 1 aliphatic carbocycles. The number of nitrogens with one attached hydrogen (secondary N) is 1. The van der Waals surface area contributed by atoms with Crippen LogP contribution in [0, 0.1) is 0 Å². The van der Waals surface area contributed by atoms with Gasteiger partial charge in [-0.2, -0.15) is 0 Å². The summed E-state index contributed by atoms with van der Waals surface area (Å²) in [6.07, 6.45) is 12.4. The molecule has 0 saturated carbocycles. The average molecular weight is 265 g/mol. The van der Waals surface area contributed by atoms with Crippen LogP contribution in [0.5, 0.6) is 0 Å². The van der Waals surface area contributed by atoms with Crippen LogP contribution in [-0.4, -0.2) is 6.54 Å². The highest BCUT2D eigenvalue weighted by Gasteiger charge is 2.19. The van der Waals surface area contributed by atoms with E-state index in [1.54, 1.807) is 10.4 Å². The molecule has 0 radical (unpaired) electrons. The lowest BCUT2D eigenvalue weighted by Gasteiger charge is -2.23. The smallest absolute Gasteiger partial charge is 0.0331 e. The number of rotatable bonds is 8. The molecule has 0 saturated heterocycles. The van der Waals surface area contributed by atoms with Gasteiger partial charge in [0.2, 0.25) is 0 Å². The highest BCUT2D eigenvalue weighted by atomic mass is 32.1. The van der Waals surface area contributed by atoms with Crippen LogP contribution < -0.4 is 5.32 Å². The first-order valence-corrected chi connectivity index (χ1v) is 8.59. The van der Waals surface area contributed by atoms with Crippen LogP contribution in [0.15, 0.2) is 11.4 Å². The first-order chi connectivity index (χ1) is 8.92. The molecule has 0 aliphatic heterocycles. The lowest BCUT2D eigenvalue weighted by atomic mass is 9.94. The maximum Gasteiger partial charge on any atom is 0.0331 e. The molecule has 0 spiro atoms. The fourth-order valence-corrected chi connectivity index (χ4v) is 3.87.